The van der Waals surface area contributed by atoms with E-state index >= 15 is 0 Å². The predicted octanol–water partition coefficient (Wildman–Crippen LogP) is 0.801. The number of methoxy groups -OCH3 is 1. The van der Waals surface area contributed by atoms with Crippen LogP contribution >= 0.6 is 15.9 Å². The topological polar surface area (TPSA) is 54.0 Å². The highest BCUT2D eigenvalue weighted by Gasteiger charge is 2.62. The smallest absolute Gasteiger partial charge is 0.352 e. The zero-order chi connectivity index (χ0) is 11.3. The van der Waals surface area contributed by atoms with Crippen molar-refractivity contribution >= 4 is 21.9 Å². The molecule has 0 aromatic heterocycles. The van der Waals surface area contributed by atoms with Crippen LogP contribution in [0.5, 0.6) is 0 Å². The molecular weight excluding hydrogens is 268 g/mol. The summed E-state index contributed by atoms with van der Waals surface area (Å²) in [5.74, 6) is -1.19. The number of carbonyl (C=O) groups excluding carboxylic acids is 1. The van der Waals surface area contributed by atoms with E-state index in [0.29, 0.717) is 6.61 Å². The number of ether oxygens (including phenoxy) is 4. The van der Waals surface area contributed by atoms with Crippen molar-refractivity contribution in [3.63, 3.8) is 0 Å². The monoisotopic (exact) mass is 280 g/mol. The van der Waals surface area contributed by atoms with Crippen LogP contribution in [0.25, 0.3) is 0 Å². The first kappa shape index (κ1) is 11.3. The van der Waals surface area contributed by atoms with Gasteiger partial charge in [0.25, 0.3) is 0 Å². The quantitative estimate of drug-likeness (QED) is 0.525. The zero-order valence-corrected chi connectivity index (χ0v) is 10.4. The maximum absolute atomic E-state index is 11.6. The van der Waals surface area contributed by atoms with E-state index in [-0.39, 0.29) is 6.10 Å². The van der Waals surface area contributed by atoms with E-state index in [1.807, 2.05) is 0 Å². The molecule has 0 radical (unpaired) electrons. The van der Waals surface area contributed by atoms with Gasteiger partial charge in [-0.15, -0.1) is 0 Å². The molecule has 3 atom stereocenters. The molecule has 0 bridgehead atoms. The van der Waals surface area contributed by atoms with Crippen LogP contribution in [-0.4, -0.2) is 42.2 Å². The molecule has 0 aliphatic carbocycles. The van der Waals surface area contributed by atoms with E-state index in [1.165, 1.54) is 7.11 Å². The first-order valence-corrected chi connectivity index (χ1v) is 5.45. The second-order valence-corrected chi connectivity index (χ2v) is 5.22. The Labute approximate surface area is 96.1 Å². The highest BCUT2D eigenvalue weighted by molar-refractivity contribution is 9.10. The molecule has 86 valence electrons. The van der Waals surface area contributed by atoms with Crippen molar-refractivity contribution in [1.29, 1.82) is 0 Å². The number of hydrogen-bond donors (Lipinski definition) is 0. The van der Waals surface area contributed by atoms with Crippen LogP contribution in [0.2, 0.25) is 0 Å². The van der Waals surface area contributed by atoms with Crippen molar-refractivity contribution in [2.45, 2.75) is 36.4 Å². The van der Waals surface area contributed by atoms with Gasteiger partial charge in [0.2, 0.25) is 4.51 Å². The van der Waals surface area contributed by atoms with Gasteiger partial charge in [0.1, 0.15) is 12.2 Å². The molecule has 0 amide bonds. The summed E-state index contributed by atoms with van der Waals surface area (Å²) >= 11 is 3.23. The van der Waals surface area contributed by atoms with Crippen LogP contribution in [-0.2, 0) is 23.7 Å². The average Bonchev–Trinajstić information content (AvgIpc) is 2.62. The lowest BCUT2D eigenvalue weighted by Crippen LogP contribution is -2.45. The molecule has 0 aromatic rings. The lowest BCUT2D eigenvalue weighted by Gasteiger charge is -2.26. The number of carbonyl (C=O) groups is 1. The van der Waals surface area contributed by atoms with Gasteiger partial charge in [-0.3, -0.25) is 0 Å². The van der Waals surface area contributed by atoms with Crippen LogP contribution in [0.3, 0.4) is 0 Å². The molecule has 0 saturated carbocycles. The highest BCUT2D eigenvalue weighted by Crippen LogP contribution is 2.44. The van der Waals surface area contributed by atoms with Crippen molar-refractivity contribution in [3.8, 4) is 0 Å². The van der Waals surface area contributed by atoms with Gasteiger partial charge in [0.05, 0.1) is 13.7 Å². The number of halogens is 1. The summed E-state index contributed by atoms with van der Waals surface area (Å²) in [5, 5.41) is 0. The van der Waals surface area contributed by atoms with E-state index in [4.69, 9.17) is 14.2 Å². The van der Waals surface area contributed by atoms with Crippen LogP contribution in [0, 0.1) is 0 Å². The number of rotatable bonds is 1. The van der Waals surface area contributed by atoms with E-state index in [2.05, 4.69) is 20.7 Å². The second kappa shape index (κ2) is 3.41. The van der Waals surface area contributed by atoms with Gasteiger partial charge in [-0.1, -0.05) is 0 Å². The molecule has 2 rings (SSSR count). The summed E-state index contributed by atoms with van der Waals surface area (Å²) in [4.78, 5) is 11.6. The molecule has 0 N–H and O–H groups in total. The normalized spacial score (nSPS) is 42.7. The number of hydrogen-bond acceptors (Lipinski definition) is 5. The minimum absolute atomic E-state index is 0.238. The molecule has 2 fully saturated rings. The molecule has 0 unspecified atom stereocenters. The Morgan fingerprint density at radius 3 is 2.73 bits per heavy atom. The Morgan fingerprint density at radius 1 is 1.47 bits per heavy atom. The summed E-state index contributed by atoms with van der Waals surface area (Å²) < 4.78 is 20.0. The van der Waals surface area contributed by atoms with E-state index < -0.39 is 22.4 Å². The largest absolute Gasteiger partial charge is 0.466 e. The van der Waals surface area contributed by atoms with Gasteiger partial charge >= 0.3 is 5.97 Å². The SMILES string of the molecule is COC(=O)[C@@]1(Br)OC[C@H]2OC(C)(C)O[C@H]21. The first-order valence-electron chi connectivity index (χ1n) is 4.66. The standard InChI is InChI=1S/C9H13BrO5/c1-8(2)14-5-4-13-9(10,6(5)15-8)7(11)12-3/h5-6H,4H2,1-3H3/t5-,6-,9+/m1/s1. The van der Waals surface area contributed by atoms with Crippen LogP contribution < -0.4 is 0 Å². The van der Waals surface area contributed by atoms with Gasteiger partial charge in [-0.25, -0.2) is 4.79 Å². The number of alkyl halides is 1. The molecular formula is C9H13BrO5. The summed E-state index contributed by atoms with van der Waals surface area (Å²) in [6.45, 7) is 3.92. The van der Waals surface area contributed by atoms with Crippen molar-refractivity contribution in [2.24, 2.45) is 0 Å². The van der Waals surface area contributed by atoms with E-state index in [1.54, 1.807) is 13.8 Å². The van der Waals surface area contributed by atoms with E-state index in [0.717, 1.165) is 0 Å². The predicted molar refractivity (Wildman–Crippen MR) is 53.5 cm³/mol. The van der Waals surface area contributed by atoms with Crippen molar-refractivity contribution in [3.05, 3.63) is 0 Å². The summed E-state index contributed by atoms with van der Waals surface area (Å²) in [7, 11) is 1.31. The van der Waals surface area contributed by atoms with Crippen LogP contribution in [0.15, 0.2) is 0 Å². The third-order valence-electron chi connectivity index (χ3n) is 2.47. The second-order valence-electron chi connectivity index (χ2n) is 4.04. The summed E-state index contributed by atoms with van der Waals surface area (Å²) in [6, 6.07) is 0. The Hall–Kier alpha value is -0.170. The van der Waals surface area contributed by atoms with Crippen molar-refractivity contribution in [2.75, 3.05) is 13.7 Å². The minimum Gasteiger partial charge on any atom is -0.466 e. The lowest BCUT2D eigenvalue weighted by atomic mass is 10.1. The van der Waals surface area contributed by atoms with Crippen LogP contribution in [0.1, 0.15) is 13.8 Å². The third kappa shape index (κ3) is 1.69. The molecule has 15 heavy (non-hydrogen) atoms. The first-order chi connectivity index (χ1) is 6.89. The zero-order valence-electron chi connectivity index (χ0n) is 8.78. The lowest BCUT2D eigenvalue weighted by molar-refractivity contribution is -0.189. The molecule has 2 saturated heterocycles. The Balaban J connectivity index is 2.21. The Morgan fingerprint density at radius 2 is 2.13 bits per heavy atom. The maximum Gasteiger partial charge on any atom is 0.352 e. The van der Waals surface area contributed by atoms with Crippen LogP contribution in [0.4, 0.5) is 0 Å². The third-order valence-corrected chi connectivity index (χ3v) is 3.47. The van der Waals surface area contributed by atoms with Gasteiger partial charge < -0.3 is 18.9 Å². The van der Waals surface area contributed by atoms with E-state index in [9.17, 15) is 4.79 Å². The van der Waals surface area contributed by atoms with Gasteiger partial charge in [-0.05, 0) is 29.8 Å². The van der Waals surface area contributed by atoms with Gasteiger partial charge in [-0.2, -0.15) is 0 Å². The van der Waals surface area contributed by atoms with Crippen molar-refractivity contribution in [1.82, 2.24) is 0 Å². The van der Waals surface area contributed by atoms with Gasteiger partial charge in [0.15, 0.2) is 5.79 Å². The Kier molecular flexibility index (Phi) is 2.57. The summed E-state index contributed by atoms with van der Waals surface area (Å²) in [5.41, 5.74) is 0. The fraction of sp³-hybridized carbons (Fsp3) is 0.889. The Bertz CT molecular complexity index is 292. The van der Waals surface area contributed by atoms with Gasteiger partial charge in [0, 0.05) is 0 Å². The highest BCUT2D eigenvalue weighted by atomic mass is 79.9. The molecule has 2 aliphatic rings. The maximum atomic E-state index is 11.6. The molecule has 2 heterocycles. The fourth-order valence-electron chi connectivity index (χ4n) is 1.87. The average molecular weight is 281 g/mol. The summed E-state index contributed by atoms with van der Waals surface area (Å²) in [6.07, 6.45) is -0.710. The number of fused-ring (bicyclic) bond motifs is 1. The van der Waals surface area contributed by atoms with Crippen molar-refractivity contribution < 1.29 is 23.7 Å². The molecule has 5 nitrogen and oxygen atoms in total. The molecule has 6 heteroatoms. The molecule has 0 aromatic carbocycles. The molecule has 0 spiro atoms. The fourth-order valence-corrected chi connectivity index (χ4v) is 2.55. The number of esters is 1. The minimum atomic E-state index is -1.24. The molecule has 2 aliphatic heterocycles.